The molecular formula is C16H20BrNO4. The third-order valence-electron chi connectivity index (χ3n) is 3.97. The third-order valence-corrected chi connectivity index (χ3v) is 4.59. The Labute approximate surface area is 138 Å². The summed E-state index contributed by atoms with van der Waals surface area (Å²) in [6.45, 7) is 1.36. The maximum Gasteiger partial charge on any atom is 0.303 e. The van der Waals surface area contributed by atoms with Crippen LogP contribution >= 0.6 is 15.9 Å². The number of hydrogen-bond acceptors (Lipinski definition) is 3. The van der Waals surface area contributed by atoms with E-state index < -0.39 is 5.97 Å². The largest absolute Gasteiger partial charge is 0.496 e. The number of hydrogen-bond donors (Lipinski definition) is 1. The second-order valence-corrected chi connectivity index (χ2v) is 6.40. The first-order valence-electron chi connectivity index (χ1n) is 7.36. The Morgan fingerprint density at radius 2 is 2.23 bits per heavy atom. The van der Waals surface area contributed by atoms with Gasteiger partial charge in [-0.1, -0.05) is 0 Å². The van der Waals surface area contributed by atoms with Crippen LogP contribution in [0.25, 0.3) is 0 Å². The molecule has 1 heterocycles. The van der Waals surface area contributed by atoms with Crippen molar-refractivity contribution in [2.75, 3.05) is 20.2 Å². The van der Waals surface area contributed by atoms with Crippen molar-refractivity contribution in [2.45, 2.75) is 25.7 Å². The van der Waals surface area contributed by atoms with Gasteiger partial charge >= 0.3 is 5.97 Å². The molecule has 0 aliphatic carbocycles. The average molecular weight is 370 g/mol. The van der Waals surface area contributed by atoms with Gasteiger partial charge in [-0.15, -0.1) is 0 Å². The van der Waals surface area contributed by atoms with Crippen molar-refractivity contribution < 1.29 is 19.4 Å². The van der Waals surface area contributed by atoms with Crippen molar-refractivity contribution >= 4 is 27.8 Å². The summed E-state index contributed by atoms with van der Waals surface area (Å²) >= 11 is 3.39. The van der Waals surface area contributed by atoms with Crippen LogP contribution in [0.2, 0.25) is 0 Å². The van der Waals surface area contributed by atoms with Crippen molar-refractivity contribution in [1.82, 2.24) is 4.90 Å². The lowest BCUT2D eigenvalue weighted by Crippen LogP contribution is -2.40. The summed E-state index contributed by atoms with van der Waals surface area (Å²) in [5.41, 5.74) is 0.617. The van der Waals surface area contributed by atoms with Gasteiger partial charge in [-0.2, -0.15) is 0 Å². The molecule has 0 saturated carbocycles. The Kier molecular flexibility index (Phi) is 5.83. The van der Waals surface area contributed by atoms with E-state index in [9.17, 15) is 9.59 Å². The van der Waals surface area contributed by atoms with Crippen LogP contribution in [0.1, 0.15) is 36.0 Å². The van der Waals surface area contributed by atoms with Crippen LogP contribution in [-0.2, 0) is 4.79 Å². The highest BCUT2D eigenvalue weighted by Gasteiger charge is 2.25. The zero-order valence-electron chi connectivity index (χ0n) is 12.5. The maximum absolute atomic E-state index is 12.6. The number of amides is 1. The van der Waals surface area contributed by atoms with Crippen molar-refractivity contribution in [1.29, 1.82) is 0 Å². The van der Waals surface area contributed by atoms with Crippen LogP contribution in [0.3, 0.4) is 0 Å². The highest BCUT2D eigenvalue weighted by atomic mass is 79.9. The van der Waals surface area contributed by atoms with Gasteiger partial charge in [-0.25, -0.2) is 0 Å². The summed E-state index contributed by atoms with van der Waals surface area (Å²) in [6, 6.07) is 5.29. The Morgan fingerprint density at radius 3 is 2.86 bits per heavy atom. The molecule has 1 atom stereocenters. The first-order valence-corrected chi connectivity index (χ1v) is 8.15. The van der Waals surface area contributed by atoms with E-state index >= 15 is 0 Å². The highest BCUT2D eigenvalue weighted by molar-refractivity contribution is 9.10. The molecule has 1 aliphatic rings. The number of ether oxygens (including phenoxy) is 1. The summed E-state index contributed by atoms with van der Waals surface area (Å²) in [5.74, 6) is 0.177. The molecule has 1 unspecified atom stereocenters. The standard InChI is InChI=1S/C16H20BrNO4/c1-22-14-6-5-12(9-13(14)17)16(21)18-8-2-3-11(10-18)4-7-15(19)20/h5-6,9,11H,2-4,7-8,10H2,1H3,(H,19,20). The van der Waals surface area contributed by atoms with E-state index in [1.54, 1.807) is 25.3 Å². The molecule has 0 spiro atoms. The number of methoxy groups -OCH3 is 1. The lowest BCUT2D eigenvalue weighted by molar-refractivity contribution is -0.137. The van der Waals surface area contributed by atoms with Crippen molar-refractivity contribution in [3.05, 3.63) is 28.2 Å². The maximum atomic E-state index is 12.6. The Morgan fingerprint density at radius 1 is 1.45 bits per heavy atom. The number of carboxylic acids is 1. The van der Waals surface area contributed by atoms with E-state index in [-0.39, 0.29) is 18.2 Å². The van der Waals surface area contributed by atoms with E-state index in [2.05, 4.69) is 15.9 Å². The van der Waals surface area contributed by atoms with Gasteiger partial charge in [0.1, 0.15) is 5.75 Å². The molecule has 0 aromatic heterocycles. The highest BCUT2D eigenvalue weighted by Crippen LogP contribution is 2.27. The SMILES string of the molecule is COc1ccc(C(=O)N2CCCC(CCC(=O)O)C2)cc1Br. The normalized spacial score (nSPS) is 18.1. The second kappa shape index (κ2) is 7.63. The van der Waals surface area contributed by atoms with Gasteiger partial charge in [0.25, 0.3) is 5.91 Å². The molecule has 22 heavy (non-hydrogen) atoms. The molecule has 1 fully saturated rings. The molecule has 1 aliphatic heterocycles. The molecule has 1 aromatic rings. The molecular weight excluding hydrogens is 350 g/mol. The fraction of sp³-hybridized carbons (Fsp3) is 0.500. The van der Waals surface area contributed by atoms with Gasteiger partial charge in [-0.3, -0.25) is 9.59 Å². The number of carboxylic acid groups (broad SMARTS) is 1. The van der Waals surface area contributed by atoms with E-state index in [1.165, 1.54) is 0 Å². The van der Waals surface area contributed by atoms with Crippen molar-refractivity contribution in [3.63, 3.8) is 0 Å². The minimum atomic E-state index is -0.775. The predicted molar refractivity (Wildman–Crippen MR) is 86.2 cm³/mol. The number of carbonyl (C=O) groups is 2. The lowest BCUT2D eigenvalue weighted by atomic mass is 9.93. The molecule has 120 valence electrons. The summed E-state index contributed by atoms with van der Waals surface area (Å²) in [5, 5.41) is 8.78. The van der Waals surface area contributed by atoms with E-state index in [1.807, 2.05) is 4.90 Å². The number of benzene rings is 1. The van der Waals surface area contributed by atoms with Crippen LogP contribution in [-0.4, -0.2) is 42.1 Å². The zero-order chi connectivity index (χ0) is 16.1. The molecule has 0 bridgehead atoms. The van der Waals surface area contributed by atoms with E-state index in [0.29, 0.717) is 24.3 Å². The quantitative estimate of drug-likeness (QED) is 0.865. The van der Waals surface area contributed by atoms with Gasteiger partial charge < -0.3 is 14.7 Å². The number of likely N-dealkylation sites (tertiary alicyclic amines) is 1. The average Bonchev–Trinajstić information content (AvgIpc) is 2.52. The summed E-state index contributed by atoms with van der Waals surface area (Å²) in [7, 11) is 1.58. The number of aliphatic carboxylic acids is 1. The zero-order valence-corrected chi connectivity index (χ0v) is 14.1. The van der Waals surface area contributed by atoms with Crippen LogP contribution in [0.5, 0.6) is 5.75 Å². The predicted octanol–water partition coefficient (Wildman–Crippen LogP) is 3.17. The molecule has 5 nitrogen and oxygen atoms in total. The topological polar surface area (TPSA) is 66.8 Å². The number of rotatable bonds is 5. The molecule has 1 aromatic carbocycles. The van der Waals surface area contributed by atoms with Crippen molar-refractivity contribution in [3.8, 4) is 5.75 Å². The smallest absolute Gasteiger partial charge is 0.303 e. The molecule has 0 radical (unpaired) electrons. The lowest BCUT2D eigenvalue weighted by Gasteiger charge is -2.32. The Hall–Kier alpha value is -1.56. The second-order valence-electron chi connectivity index (χ2n) is 5.54. The van der Waals surface area contributed by atoms with E-state index in [0.717, 1.165) is 23.9 Å². The van der Waals surface area contributed by atoms with Gasteiger partial charge in [0, 0.05) is 25.1 Å². The van der Waals surface area contributed by atoms with Gasteiger partial charge in [-0.05, 0) is 59.3 Å². The number of carbonyl (C=O) groups excluding carboxylic acids is 1. The van der Waals surface area contributed by atoms with Crippen LogP contribution in [0.4, 0.5) is 0 Å². The van der Waals surface area contributed by atoms with Gasteiger partial charge in [0.2, 0.25) is 0 Å². The minimum Gasteiger partial charge on any atom is -0.496 e. The monoisotopic (exact) mass is 369 g/mol. The number of piperidine rings is 1. The molecule has 1 N–H and O–H groups in total. The molecule has 6 heteroatoms. The number of nitrogens with zero attached hydrogens (tertiary/aromatic N) is 1. The molecule has 1 saturated heterocycles. The Bertz CT molecular complexity index is 561. The minimum absolute atomic E-state index is 0.0108. The molecule has 2 rings (SSSR count). The first kappa shape index (κ1) is 16.8. The first-order chi connectivity index (χ1) is 10.5. The van der Waals surface area contributed by atoms with Crippen LogP contribution in [0.15, 0.2) is 22.7 Å². The summed E-state index contributed by atoms with van der Waals surface area (Å²) in [6.07, 6.45) is 2.71. The van der Waals surface area contributed by atoms with Crippen LogP contribution in [0, 0.1) is 5.92 Å². The van der Waals surface area contributed by atoms with Crippen molar-refractivity contribution in [2.24, 2.45) is 5.92 Å². The van der Waals surface area contributed by atoms with Gasteiger partial charge in [0.15, 0.2) is 0 Å². The summed E-state index contributed by atoms with van der Waals surface area (Å²) in [4.78, 5) is 25.1. The third kappa shape index (κ3) is 4.22. The number of halogens is 1. The summed E-state index contributed by atoms with van der Waals surface area (Å²) < 4.78 is 5.92. The Balaban J connectivity index is 2.02. The fourth-order valence-electron chi connectivity index (χ4n) is 2.79. The molecule has 1 amide bonds. The van der Waals surface area contributed by atoms with Gasteiger partial charge in [0.05, 0.1) is 11.6 Å². The van der Waals surface area contributed by atoms with Crippen LogP contribution < -0.4 is 4.74 Å². The van der Waals surface area contributed by atoms with E-state index in [4.69, 9.17) is 9.84 Å². The fourth-order valence-corrected chi connectivity index (χ4v) is 3.34.